The molecule has 18 heavy (non-hydrogen) atoms. The minimum absolute atomic E-state index is 0.274. The van der Waals surface area contributed by atoms with Gasteiger partial charge in [-0.3, -0.25) is 0 Å². The molecule has 0 fully saturated rings. The Morgan fingerprint density at radius 2 is 2.17 bits per heavy atom. The highest BCUT2D eigenvalue weighted by Gasteiger charge is 2.26. The van der Waals surface area contributed by atoms with Crippen molar-refractivity contribution in [1.82, 2.24) is 4.98 Å². The smallest absolute Gasteiger partial charge is 0.335 e. The van der Waals surface area contributed by atoms with Crippen molar-refractivity contribution in [2.75, 3.05) is 6.61 Å². The number of rotatable bonds is 4. The Bertz CT molecular complexity index is 547. The quantitative estimate of drug-likeness (QED) is 0.814. The lowest BCUT2D eigenvalue weighted by molar-refractivity contribution is -0.154. The number of carbonyl (C=O) groups is 1. The van der Waals surface area contributed by atoms with Crippen molar-refractivity contribution in [3.63, 3.8) is 0 Å². The van der Waals surface area contributed by atoms with Gasteiger partial charge in [-0.15, -0.1) is 0 Å². The fourth-order valence-electron chi connectivity index (χ4n) is 2.07. The topological polar surface area (TPSA) is 62.3 Å². The first-order valence-electron chi connectivity index (χ1n) is 6.05. The highest BCUT2D eigenvalue weighted by Crippen LogP contribution is 2.27. The molecular weight excluding hydrogens is 230 g/mol. The molecule has 2 aromatic rings. The minimum Gasteiger partial charge on any atom is -0.464 e. The van der Waals surface area contributed by atoms with Crippen LogP contribution < -0.4 is 0 Å². The number of hydrogen-bond donors (Lipinski definition) is 2. The lowest BCUT2D eigenvalue weighted by Crippen LogP contribution is -2.28. The molecule has 96 valence electrons. The number of fused-ring (bicyclic) bond motifs is 1. The van der Waals surface area contributed by atoms with Gasteiger partial charge in [0, 0.05) is 23.0 Å². The van der Waals surface area contributed by atoms with E-state index in [-0.39, 0.29) is 12.5 Å². The summed E-state index contributed by atoms with van der Waals surface area (Å²) in [5, 5.41) is 11.0. The monoisotopic (exact) mass is 247 g/mol. The molecule has 0 bridgehead atoms. The molecule has 0 radical (unpaired) electrons. The van der Waals surface area contributed by atoms with Gasteiger partial charge in [0.2, 0.25) is 0 Å². The van der Waals surface area contributed by atoms with Crippen LogP contribution in [0, 0.1) is 0 Å². The van der Waals surface area contributed by atoms with Gasteiger partial charge in [-0.25, -0.2) is 4.79 Å². The zero-order valence-corrected chi connectivity index (χ0v) is 10.5. The Hall–Kier alpha value is -1.81. The van der Waals surface area contributed by atoms with Crippen LogP contribution in [0.4, 0.5) is 0 Å². The molecule has 0 aliphatic heterocycles. The Kier molecular flexibility index (Phi) is 3.67. The summed E-state index contributed by atoms with van der Waals surface area (Å²) in [6.45, 7) is 3.81. The maximum atomic E-state index is 11.5. The third kappa shape index (κ3) is 2.24. The third-order valence-electron chi connectivity index (χ3n) is 3.11. The molecule has 0 spiro atoms. The first-order valence-corrected chi connectivity index (χ1v) is 6.05. The Morgan fingerprint density at radius 3 is 2.89 bits per heavy atom. The van der Waals surface area contributed by atoms with E-state index in [0.29, 0.717) is 0 Å². The maximum Gasteiger partial charge on any atom is 0.335 e. The standard InChI is InChI=1S/C14H17NO3/c1-3-18-14(17)13(16)9(2)11-8-15-12-7-5-4-6-10(11)12/h4-9,13,15-16H,3H2,1-2H3/t9-,13+/m1/s1. The average molecular weight is 247 g/mol. The first kappa shape index (κ1) is 12.6. The number of H-pyrrole nitrogens is 1. The van der Waals surface area contributed by atoms with Crippen molar-refractivity contribution in [1.29, 1.82) is 0 Å². The van der Waals surface area contributed by atoms with Gasteiger partial charge < -0.3 is 14.8 Å². The Morgan fingerprint density at radius 1 is 1.44 bits per heavy atom. The van der Waals surface area contributed by atoms with Crippen LogP contribution in [0.5, 0.6) is 0 Å². The third-order valence-corrected chi connectivity index (χ3v) is 3.11. The molecule has 1 aromatic carbocycles. The summed E-state index contributed by atoms with van der Waals surface area (Å²) in [5.41, 5.74) is 1.92. The maximum absolute atomic E-state index is 11.5. The molecule has 0 unspecified atom stereocenters. The minimum atomic E-state index is -1.14. The van der Waals surface area contributed by atoms with Gasteiger partial charge >= 0.3 is 5.97 Å². The largest absolute Gasteiger partial charge is 0.464 e. The highest BCUT2D eigenvalue weighted by molar-refractivity contribution is 5.85. The van der Waals surface area contributed by atoms with E-state index in [4.69, 9.17) is 4.74 Å². The molecule has 0 aliphatic rings. The summed E-state index contributed by atoms with van der Waals surface area (Å²) in [6.07, 6.45) is 0.696. The highest BCUT2D eigenvalue weighted by atomic mass is 16.5. The van der Waals surface area contributed by atoms with Crippen molar-refractivity contribution in [3.05, 3.63) is 36.0 Å². The molecule has 4 nitrogen and oxygen atoms in total. The summed E-state index contributed by atoms with van der Waals surface area (Å²) in [4.78, 5) is 14.7. The van der Waals surface area contributed by atoms with Crippen LogP contribution in [0.2, 0.25) is 0 Å². The lowest BCUT2D eigenvalue weighted by atomic mass is 9.95. The van der Waals surface area contributed by atoms with E-state index in [1.165, 1.54) is 0 Å². The van der Waals surface area contributed by atoms with Crippen molar-refractivity contribution >= 4 is 16.9 Å². The number of nitrogens with one attached hydrogen (secondary N) is 1. The summed E-state index contributed by atoms with van der Waals surface area (Å²) < 4.78 is 4.84. The van der Waals surface area contributed by atoms with Crippen molar-refractivity contribution in [3.8, 4) is 0 Å². The molecule has 1 heterocycles. The molecule has 4 heteroatoms. The Labute approximate surface area is 106 Å². The van der Waals surface area contributed by atoms with E-state index in [2.05, 4.69) is 4.98 Å². The number of carbonyl (C=O) groups excluding carboxylic acids is 1. The van der Waals surface area contributed by atoms with Gasteiger partial charge in [0.25, 0.3) is 0 Å². The number of benzene rings is 1. The number of esters is 1. The van der Waals surface area contributed by atoms with E-state index >= 15 is 0 Å². The summed E-state index contributed by atoms with van der Waals surface area (Å²) in [6, 6.07) is 7.80. The molecule has 2 N–H and O–H groups in total. The number of aromatic nitrogens is 1. The van der Waals surface area contributed by atoms with Crippen LogP contribution in [-0.2, 0) is 9.53 Å². The number of aliphatic hydroxyl groups is 1. The molecule has 0 amide bonds. The van der Waals surface area contributed by atoms with Crippen LogP contribution in [-0.4, -0.2) is 28.8 Å². The normalized spacial score (nSPS) is 14.4. The van der Waals surface area contributed by atoms with Crippen LogP contribution in [0.1, 0.15) is 25.3 Å². The van der Waals surface area contributed by atoms with Crippen molar-refractivity contribution < 1.29 is 14.6 Å². The SMILES string of the molecule is CCOC(=O)[C@@H](O)[C@H](C)c1c[nH]c2ccccc12. The van der Waals surface area contributed by atoms with Gasteiger partial charge in [0.15, 0.2) is 6.10 Å². The lowest BCUT2D eigenvalue weighted by Gasteiger charge is -2.16. The Balaban J connectivity index is 2.28. The van der Waals surface area contributed by atoms with Gasteiger partial charge in [0.1, 0.15) is 0 Å². The van der Waals surface area contributed by atoms with Gasteiger partial charge in [-0.05, 0) is 18.6 Å². The molecule has 0 saturated carbocycles. The summed E-state index contributed by atoms with van der Waals surface area (Å²) in [5.74, 6) is -0.879. The van der Waals surface area contributed by atoms with Gasteiger partial charge in [-0.1, -0.05) is 25.1 Å². The summed E-state index contributed by atoms with van der Waals surface area (Å²) >= 11 is 0. The number of ether oxygens (including phenoxy) is 1. The van der Waals surface area contributed by atoms with Crippen LogP contribution in [0.25, 0.3) is 10.9 Å². The zero-order chi connectivity index (χ0) is 13.1. The number of aromatic amines is 1. The predicted octanol–water partition coefficient (Wildman–Crippen LogP) is 2.20. The first-order chi connectivity index (χ1) is 8.65. The second kappa shape index (κ2) is 5.23. The average Bonchev–Trinajstić information content (AvgIpc) is 2.81. The van der Waals surface area contributed by atoms with E-state index < -0.39 is 12.1 Å². The van der Waals surface area contributed by atoms with Crippen LogP contribution in [0.15, 0.2) is 30.5 Å². The van der Waals surface area contributed by atoms with Crippen LogP contribution >= 0.6 is 0 Å². The van der Waals surface area contributed by atoms with Gasteiger partial charge in [-0.2, -0.15) is 0 Å². The van der Waals surface area contributed by atoms with Crippen molar-refractivity contribution in [2.45, 2.75) is 25.9 Å². The van der Waals surface area contributed by atoms with E-state index in [0.717, 1.165) is 16.5 Å². The number of para-hydroxylation sites is 1. The zero-order valence-electron chi connectivity index (χ0n) is 10.5. The summed E-state index contributed by atoms with van der Waals surface area (Å²) in [7, 11) is 0. The fraction of sp³-hybridized carbons (Fsp3) is 0.357. The van der Waals surface area contributed by atoms with E-state index in [1.807, 2.05) is 37.4 Å². The number of hydrogen-bond acceptors (Lipinski definition) is 3. The van der Waals surface area contributed by atoms with Crippen LogP contribution in [0.3, 0.4) is 0 Å². The second-order valence-corrected chi connectivity index (χ2v) is 4.28. The molecule has 0 saturated heterocycles. The predicted molar refractivity (Wildman–Crippen MR) is 69.4 cm³/mol. The number of aliphatic hydroxyl groups excluding tert-OH is 1. The molecule has 0 aliphatic carbocycles. The molecule has 1 aromatic heterocycles. The van der Waals surface area contributed by atoms with E-state index in [9.17, 15) is 9.90 Å². The van der Waals surface area contributed by atoms with Gasteiger partial charge in [0.05, 0.1) is 6.61 Å². The second-order valence-electron chi connectivity index (χ2n) is 4.28. The molecular formula is C14H17NO3. The molecule has 2 rings (SSSR count). The fourth-order valence-corrected chi connectivity index (χ4v) is 2.07. The van der Waals surface area contributed by atoms with Crippen molar-refractivity contribution in [2.24, 2.45) is 0 Å². The van der Waals surface area contributed by atoms with E-state index in [1.54, 1.807) is 6.92 Å². The molecule has 2 atom stereocenters.